The molecule has 24 heavy (non-hydrogen) atoms. The number of hydrogen-bond acceptors (Lipinski definition) is 5. The highest BCUT2D eigenvalue weighted by molar-refractivity contribution is 6.06. The zero-order valence-corrected chi connectivity index (χ0v) is 14.2. The molecule has 1 amide bonds. The Morgan fingerprint density at radius 3 is 2.96 bits per heavy atom. The van der Waals surface area contributed by atoms with Crippen molar-refractivity contribution in [3.63, 3.8) is 0 Å². The number of benzene rings is 1. The number of rotatable bonds is 5. The van der Waals surface area contributed by atoms with E-state index in [9.17, 15) is 4.79 Å². The van der Waals surface area contributed by atoms with Crippen LogP contribution in [0.3, 0.4) is 0 Å². The summed E-state index contributed by atoms with van der Waals surface area (Å²) in [5.74, 6) is 1.12. The molecule has 3 rings (SSSR count). The van der Waals surface area contributed by atoms with Crippen molar-refractivity contribution in [2.45, 2.75) is 26.3 Å². The van der Waals surface area contributed by atoms with Gasteiger partial charge in [0.15, 0.2) is 0 Å². The lowest BCUT2D eigenvalue weighted by molar-refractivity contribution is 0.0976. The number of aromatic nitrogens is 2. The minimum Gasteiger partial charge on any atom is -0.383 e. The van der Waals surface area contributed by atoms with Crippen molar-refractivity contribution in [2.24, 2.45) is 0 Å². The maximum atomic E-state index is 13.0. The summed E-state index contributed by atoms with van der Waals surface area (Å²) in [6, 6.07) is 9.85. The van der Waals surface area contributed by atoms with E-state index in [4.69, 9.17) is 4.74 Å². The average molecular weight is 326 g/mol. The number of amides is 1. The van der Waals surface area contributed by atoms with Crippen LogP contribution in [0.4, 0.5) is 11.5 Å². The van der Waals surface area contributed by atoms with E-state index in [1.165, 1.54) is 5.56 Å². The van der Waals surface area contributed by atoms with Gasteiger partial charge in [0.2, 0.25) is 0 Å². The fourth-order valence-electron chi connectivity index (χ4n) is 3.05. The predicted octanol–water partition coefficient (Wildman–Crippen LogP) is 2.43. The second-order valence-corrected chi connectivity index (χ2v) is 5.96. The van der Waals surface area contributed by atoms with Crippen LogP contribution in [0.2, 0.25) is 0 Å². The summed E-state index contributed by atoms with van der Waals surface area (Å²) in [5, 5.41) is 3.16. The molecular formula is C18H22N4O2. The molecule has 6 heteroatoms. The summed E-state index contributed by atoms with van der Waals surface area (Å²) in [4.78, 5) is 23.5. The van der Waals surface area contributed by atoms with Crippen LogP contribution in [0, 0.1) is 6.92 Å². The zero-order valence-electron chi connectivity index (χ0n) is 14.2. The van der Waals surface area contributed by atoms with Gasteiger partial charge in [0.25, 0.3) is 5.91 Å². The number of carbonyl (C=O) groups excluding carboxylic acids is 1. The van der Waals surface area contributed by atoms with Crippen molar-refractivity contribution in [1.29, 1.82) is 0 Å². The highest BCUT2D eigenvalue weighted by atomic mass is 16.5. The van der Waals surface area contributed by atoms with Crippen LogP contribution < -0.4 is 10.2 Å². The molecule has 0 radical (unpaired) electrons. The fraction of sp³-hybridized carbons (Fsp3) is 0.389. The first kappa shape index (κ1) is 16.4. The van der Waals surface area contributed by atoms with Crippen molar-refractivity contribution in [1.82, 2.24) is 9.97 Å². The van der Waals surface area contributed by atoms with Crippen LogP contribution in [0.1, 0.15) is 28.8 Å². The van der Waals surface area contributed by atoms with Gasteiger partial charge in [0, 0.05) is 31.5 Å². The number of hydrogen-bond donors (Lipinski definition) is 1. The molecule has 126 valence electrons. The van der Waals surface area contributed by atoms with Crippen molar-refractivity contribution < 1.29 is 9.53 Å². The molecule has 2 heterocycles. The lowest BCUT2D eigenvalue weighted by atomic mass is 10.1. The molecular weight excluding hydrogens is 304 g/mol. The number of ether oxygens (including phenoxy) is 1. The lowest BCUT2D eigenvalue weighted by Crippen LogP contribution is -2.36. The summed E-state index contributed by atoms with van der Waals surface area (Å²) < 4.78 is 5.02. The van der Waals surface area contributed by atoms with Gasteiger partial charge in [-0.2, -0.15) is 0 Å². The smallest absolute Gasteiger partial charge is 0.277 e. The zero-order chi connectivity index (χ0) is 17.1. The molecule has 0 spiro atoms. The van der Waals surface area contributed by atoms with Crippen molar-refractivity contribution in [2.75, 3.05) is 30.5 Å². The van der Waals surface area contributed by atoms with Crippen molar-refractivity contribution in [3.8, 4) is 0 Å². The van der Waals surface area contributed by atoms with Crippen LogP contribution >= 0.6 is 0 Å². The van der Waals surface area contributed by atoms with E-state index in [1.54, 1.807) is 20.1 Å². The van der Waals surface area contributed by atoms with Crippen LogP contribution in [-0.4, -0.2) is 42.2 Å². The number of anilines is 2. The first-order valence-electron chi connectivity index (χ1n) is 8.10. The van der Waals surface area contributed by atoms with Gasteiger partial charge in [-0.3, -0.25) is 4.79 Å². The first-order valence-corrected chi connectivity index (χ1v) is 8.10. The number of nitrogens with one attached hydrogen (secondary N) is 1. The number of methoxy groups -OCH3 is 1. The molecule has 1 aromatic heterocycles. The van der Waals surface area contributed by atoms with Crippen LogP contribution in [-0.2, 0) is 11.2 Å². The normalized spacial score (nSPS) is 16.1. The molecule has 1 aliphatic rings. The molecule has 1 aromatic carbocycles. The van der Waals surface area contributed by atoms with Gasteiger partial charge in [-0.25, -0.2) is 9.97 Å². The average Bonchev–Trinajstić information content (AvgIpc) is 2.89. The SMILES string of the molecule is COCCNc1cc(C(=O)N2c3ccccc3CC2C)nc(C)n1. The molecule has 1 atom stereocenters. The van der Waals surface area contributed by atoms with Crippen molar-refractivity contribution in [3.05, 3.63) is 47.4 Å². The maximum absolute atomic E-state index is 13.0. The summed E-state index contributed by atoms with van der Waals surface area (Å²) in [6.07, 6.45) is 0.866. The van der Waals surface area contributed by atoms with E-state index >= 15 is 0 Å². The lowest BCUT2D eigenvalue weighted by Gasteiger charge is -2.22. The Labute approximate surface area is 141 Å². The molecule has 1 aliphatic heterocycles. The second kappa shape index (κ2) is 6.97. The van der Waals surface area contributed by atoms with Gasteiger partial charge in [-0.1, -0.05) is 18.2 Å². The standard InChI is InChI=1S/C18H22N4O2/c1-12-10-14-6-4-5-7-16(14)22(12)18(23)15-11-17(19-8-9-24-3)21-13(2)20-15/h4-7,11-12H,8-10H2,1-3H3,(H,19,20,21). The minimum absolute atomic E-state index is 0.0901. The molecule has 0 aliphatic carbocycles. The summed E-state index contributed by atoms with van der Waals surface area (Å²) in [7, 11) is 1.65. The quantitative estimate of drug-likeness (QED) is 0.855. The Balaban J connectivity index is 1.87. The second-order valence-electron chi connectivity index (χ2n) is 5.96. The monoisotopic (exact) mass is 326 g/mol. The Bertz CT molecular complexity index is 748. The third-order valence-electron chi connectivity index (χ3n) is 4.10. The number of aryl methyl sites for hydroxylation is 1. The molecule has 0 fully saturated rings. The summed E-state index contributed by atoms with van der Waals surface area (Å²) in [6.45, 7) is 5.05. The van der Waals surface area contributed by atoms with Gasteiger partial charge in [0.05, 0.1) is 6.61 Å². The van der Waals surface area contributed by atoms with Crippen LogP contribution in [0.25, 0.3) is 0 Å². The fourth-order valence-corrected chi connectivity index (χ4v) is 3.05. The van der Waals surface area contributed by atoms with E-state index in [1.807, 2.05) is 23.1 Å². The Morgan fingerprint density at radius 1 is 1.38 bits per heavy atom. The topological polar surface area (TPSA) is 67.3 Å². The Kier molecular flexibility index (Phi) is 4.76. The van der Waals surface area contributed by atoms with Crippen LogP contribution in [0.5, 0.6) is 0 Å². The number of nitrogens with zero attached hydrogens (tertiary/aromatic N) is 3. The van der Waals surface area contributed by atoms with E-state index < -0.39 is 0 Å². The molecule has 1 unspecified atom stereocenters. The third kappa shape index (κ3) is 3.23. The summed E-state index contributed by atoms with van der Waals surface area (Å²) >= 11 is 0. The molecule has 1 N–H and O–H groups in total. The van der Waals surface area contributed by atoms with Gasteiger partial charge < -0.3 is 15.0 Å². The van der Waals surface area contributed by atoms with Gasteiger partial charge >= 0.3 is 0 Å². The maximum Gasteiger partial charge on any atom is 0.277 e. The van der Waals surface area contributed by atoms with Gasteiger partial charge in [0.1, 0.15) is 17.3 Å². The van der Waals surface area contributed by atoms with Crippen LogP contribution in [0.15, 0.2) is 30.3 Å². The first-order chi connectivity index (χ1) is 11.6. The Hall–Kier alpha value is -2.47. The number of carbonyl (C=O) groups is 1. The molecule has 0 saturated heterocycles. The highest BCUT2D eigenvalue weighted by Gasteiger charge is 2.32. The van der Waals surface area contributed by atoms with E-state index in [-0.39, 0.29) is 11.9 Å². The minimum atomic E-state index is -0.0901. The molecule has 0 bridgehead atoms. The number of fused-ring (bicyclic) bond motifs is 1. The van der Waals surface area contributed by atoms with E-state index in [0.717, 1.165) is 12.1 Å². The van der Waals surface area contributed by atoms with E-state index in [2.05, 4.69) is 28.3 Å². The Morgan fingerprint density at radius 2 is 2.17 bits per heavy atom. The molecule has 2 aromatic rings. The van der Waals surface area contributed by atoms with Crippen molar-refractivity contribution >= 4 is 17.4 Å². The van der Waals surface area contributed by atoms with Gasteiger partial charge in [-0.15, -0.1) is 0 Å². The summed E-state index contributed by atoms with van der Waals surface area (Å²) in [5.41, 5.74) is 2.58. The highest BCUT2D eigenvalue weighted by Crippen LogP contribution is 2.32. The van der Waals surface area contributed by atoms with E-state index in [0.29, 0.717) is 30.5 Å². The largest absolute Gasteiger partial charge is 0.383 e. The molecule has 0 saturated carbocycles. The number of para-hydroxylation sites is 1. The predicted molar refractivity (Wildman–Crippen MR) is 93.6 cm³/mol. The molecule has 6 nitrogen and oxygen atoms in total. The third-order valence-corrected chi connectivity index (χ3v) is 4.10. The van der Waals surface area contributed by atoms with Gasteiger partial charge in [-0.05, 0) is 31.9 Å².